The number of amides is 2. The van der Waals surface area contributed by atoms with Gasteiger partial charge in [0.25, 0.3) is 0 Å². The molecule has 1 aliphatic rings. The maximum Gasteiger partial charge on any atom is 0.315 e. The number of nitrogens with zero attached hydrogens (tertiary/aromatic N) is 2. The van der Waals surface area contributed by atoms with Crippen molar-refractivity contribution < 1.29 is 14.7 Å². The first-order chi connectivity index (χ1) is 9.06. The van der Waals surface area contributed by atoms with Crippen LogP contribution in [0.3, 0.4) is 0 Å². The van der Waals surface area contributed by atoms with E-state index in [1.54, 1.807) is 6.92 Å². The second-order valence-corrected chi connectivity index (χ2v) is 4.76. The summed E-state index contributed by atoms with van der Waals surface area (Å²) in [6.45, 7) is 1.79. The van der Waals surface area contributed by atoms with Crippen LogP contribution in [0.2, 0.25) is 0 Å². The second kappa shape index (κ2) is 5.68. The van der Waals surface area contributed by atoms with E-state index in [2.05, 4.69) is 25.8 Å². The Morgan fingerprint density at radius 3 is 2.89 bits per heavy atom. The fraction of sp³-hybridized carbons (Fsp3) is 0.636. The van der Waals surface area contributed by atoms with E-state index in [1.165, 1.54) is 6.33 Å². The summed E-state index contributed by atoms with van der Waals surface area (Å²) in [6, 6.07) is -0.679. The Bertz CT molecular complexity index is 447. The number of urea groups is 1. The number of H-pyrrole nitrogens is 1. The van der Waals surface area contributed by atoms with Gasteiger partial charge in [-0.2, -0.15) is 5.10 Å². The number of carboxylic acids is 1. The number of aliphatic carboxylic acids is 1. The minimum Gasteiger partial charge on any atom is -0.481 e. The Balaban J connectivity index is 1.78. The van der Waals surface area contributed by atoms with Gasteiger partial charge in [0.15, 0.2) is 0 Å². The van der Waals surface area contributed by atoms with Gasteiger partial charge in [-0.1, -0.05) is 0 Å². The molecule has 3 atom stereocenters. The number of hydrogen-bond acceptors (Lipinski definition) is 4. The van der Waals surface area contributed by atoms with Crippen molar-refractivity contribution in [1.29, 1.82) is 0 Å². The van der Waals surface area contributed by atoms with Crippen molar-refractivity contribution in [2.24, 2.45) is 5.92 Å². The average Bonchev–Trinajstić information content (AvgIpc) is 2.98. The molecule has 1 fully saturated rings. The first-order valence-electron chi connectivity index (χ1n) is 6.21. The molecular weight excluding hydrogens is 250 g/mol. The normalized spacial score (nSPS) is 23.8. The van der Waals surface area contributed by atoms with Crippen LogP contribution in [-0.4, -0.2) is 38.3 Å². The molecule has 104 valence electrons. The Morgan fingerprint density at radius 2 is 2.32 bits per heavy atom. The van der Waals surface area contributed by atoms with Gasteiger partial charge in [-0.05, 0) is 26.2 Å². The van der Waals surface area contributed by atoms with Crippen molar-refractivity contribution in [3.63, 3.8) is 0 Å². The highest BCUT2D eigenvalue weighted by Crippen LogP contribution is 2.25. The summed E-state index contributed by atoms with van der Waals surface area (Å²) in [4.78, 5) is 26.5. The minimum absolute atomic E-state index is 0.0805. The lowest BCUT2D eigenvalue weighted by molar-refractivity contribution is -0.141. The molecule has 19 heavy (non-hydrogen) atoms. The van der Waals surface area contributed by atoms with Gasteiger partial charge in [-0.25, -0.2) is 9.78 Å². The fourth-order valence-corrected chi connectivity index (χ4v) is 2.25. The predicted octanol–water partition coefficient (Wildman–Crippen LogP) is 0.418. The Labute approximate surface area is 110 Å². The van der Waals surface area contributed by atoms with Crippen LogP contribution >= 0.6 is 0 Å². The molecule has 1 aromatic rings. The highest BCUT2D eigenvalue weighted by Gasteiger charge is 2.30. The lowest BCUT2D eigenvalue weighted by Gasteiger charge is -2.16. The molecule has 0 spiro atoms. The molecule has 4 N–H and O–H groups in total. The summed E-state index contributed by atoms with van der Waals surface area (Å²) >= 11 is 0. The third kappa shape index (κ3) is 3.43. The van der Waals surface area contributed by atoms with E-state index in [9.17, 15) is 9.59 Å². The van der Waals surface area contributed by atoms with E-state index < -0.39 is 5.97 Å². The third-order valence-electron chi connectivity index (χ3n) is 3.31. The largest absolute Gasteiger partial charge is 0.481 e. The van der Waals surface area contributed by atoms with Crippen LogP contribution in [0, 0.1) is 5.92 Å². The monoisotopic (exact) mass is 267 g/mol. The summed E-state index contributed by atoms with van der Waals surface area (Å²) in [5, 5.41) is 20.8. The summed E-state index contributed by atoms with van der Waals surface area (Å²) in [6.07, 6.45) is 3.16. The van der Waals surface area contributed by atoms with E-state index in [-0.39, 0.29) is 24.0 Å². The van der Waals surface area contributed by atoms with Crippen molar-refractivity contribution in [2.45, 2.75) is 38.3 Å². The summed E-state index contributed by atoms with van der Waals surface area (Å²) in [7, 11) is 0. The Morgan fingerprint density at radius 1 is 1.53 bits per heavy atom. The highest BCUT2D eigenvalue weighted by molar-refractivity contribution is 5.75. The molecule has 0 saturated heterocycles. The Hall–Kier alpha value is -2.12. The average molecular weight is 267 g/mol. The van der Waals surface area contributed by atoms with Gasteiger partial charge in [0, 0.05) is 6.04 Å². The van der Waals surface area contributed by atoms with Gasteiger partial charge < -0.3 is 15.7 Å². The maximum atomic E-state index is 11.7. The molecule has 1 saturated carbocycles. The molecule has 2 rings (SSSR count). The molecule has 1 aromatic heterocycles. The van der Waals surface area contributed by atoms with Gasteiger partial charge >= 0.3 is 12.0 Å². The SMILES string of the molecule is CC(NC(=O)NC1CCC(C(=O)O)C1)c1ncn[nH]1. The highest BCUT2D eigenvalue weighted by atomic mass is 16.4. The number of hydrogen-bond donors (Lipinski definition) is 4. The van der Waals surface area contributed by atoms with E-state index in [0.717, 1.165) is 0 Å². The number of rotatable bonds is 4. The standard InChI is InChI=1S/C11H17N5O3/c1-6(9-12-5-13-16-9)14-11(19)15-8-3-2-7(4-8)10(17)18/h5-8H,2-4H2,1H3,(H,17,18)(H,12,13,16)(H2,14,15,19). The van der Waals surface area contributed by atoms with Gasteiger partial charge in [-0.15, -0.1) is 0 Å². The number of carbonyl (C=O) groups is 2. The lowest BCUT2D eigenvalue weighted by atomic mass is 10.1. The van der Waals surface area contributed by atoms with Crippen molar-refractivity contribution >= 4 is 12.0 Å². The number of aromatic nitrogens is 3. The molecule has 0 aliphatic heterocycles. The minimum atomic E-state index is -0.792. The van der Waals surface area contributed by atoms with E-state index >= 15 is 0 Å². The number of carbonyl (C=O) groups excluding carboxylic acids is 1. The second-order valence-electron chi connectivity index (χ2n) is 4.76. The zero-order valence-electron chi connectivity index (χ0n) is 10.6. The van der Waals surface area contributed by atoms with Crippen LogP contribution in [0.1, 0.15) is 38.1 Å². The van der Waals surface area contributed by atoms with Gasteiger partial charge in [-0.3, -0.25) is 9.89 Å². The molecule has 1 aliphatic carbocycles. The molecule has 8 nitrogen and oxygen atoms in total. The predicted molar refractivity (Wildman–Crippen MR) is 65.2 cm³/mol. The summed E-state index contributed by atoms with van der Waals surface area (Å²) in [5.74, 6) is -0.568. The lowest BCUT2D eigenvalue weighted by Crippen LogP contribution is -2.42. The van der Waals surface area contributed by atoms with Crippen LogP contribution in [0.25, 0.3) is 0 Å². The van der Waals surface area contributed by atoms with Crippen LogP contribution in [0.4, 0.5) is 4.79 Å². The molecule has 2 amide bonds. The van der Waals surface area contributed by atoms with E-state index in [0.29, 0.717) is 25.1 Å². The van der Waals surface area contributed by atoms with Gasteiger partial charge in [0.05, 0.1) is 12.0 Å². The van der Waals surface area contributed by atoms with Crippen molar-refractivity contribution in [1.82, 2.24) is 25.8 Å². The summed E-state index contributed by atoms with van der Waals surface area (Å²) < 4.78 is 0. The Kier molecular flexibility index (Phi) is 3.98. The first-order valence-corrected chi connectivity index (χ1v) is 6.21. The molecular formula is C11H17N5O3. The van der Waals surface area contributed by atoms with Crippen LogP contribution in [0.15, 0.2) is 6.33 Å². The smallest absolute Gasteiger partial charge is 0.315 e. The van der Waals surface area contributed by atoms with Crippen LogP contribution in [-0.2, 0) is 4.79 Å². The van der Waals surface area contributed by atoms with E-state index in [1.807, 2.05) is 0 Å². The molecule has 8 heteroatoms. The molecule has 0 bridgehead atoms. The van der Waals surface area contributed by atoms with Crippen LogP contribution in [0.5, 0.6) is 0 Å². The molecule has 0 radical (unpaired) electrons. The summed E-state index contributed by atoms with van der Waals surface area (Å²) in [5.41, 5.74) is 0. The van der Waals surface area contributed by atoms with E-state index in [4.69, 9.17) is 5.11 Å². The maximum absolute atomic E-state index is 11.7. The fourth-order valence-electron chi connectivity index (χ4n) is 2.25. The first kappa shape index (κ1) is 13.3. The number of carboxylic acid groups (broad SMARTS) is 1. The van der Waals surface area contributed by atoms with Crippen LogP contribution < -0.4 is 10.6 Å². The number of aromatic amines is 1. The van der Waals surface area contributed by atoms with Crippen molar-refractivity contribution in [3.8, 4) is 0 Å². The zero-order valence-corrected chi connectivity index (χ0v) is 10.6. The molecule has 3 unspecified atom stereocenters. The quantitative estimate of drug-likeness (QED) is 0.630. The number of nitrogens with one attached hydrogen (secondary N) is 3. The van der Waals surface area contributed by atoms with Crippen molar-refractivity contribution in [2.75, 3.05) is 0 Å². The topological polar surface area (TPSA) is 120 Å². The zero-order chi connectivity index (χ0) is 13.8. The van der Waals surface area contributed by atoms with Gasteiger partial charge in [0.2, 0.25) is 0 Å². The third-order valence-corrected chi connectivity index (χ3v) is 3.31. The molecule has 0 aromatic carbocycles. The molecule has 1 heterocycles. The van der Waals surface area contributed by atoms with Crippen molar-refractivity contribution in [3.05, 3.63) is 12.2 Å². The van der Waals surface area contributed by atoms with Gasteiger partial charge in [0.1, 0.15) is 12.2 Å².